The van der Waals surface area contributed by atoms with Gasteiger partial charge in [-0.15, -0.1) is 0 Å². The fourth-order valence-corrected chi connectivity index (χ4v) is 11.1. The fraction of sp³-hybridized carbons (Fsp3) is 0.667. The smallest absolute Gasteiger partial charge is 0.542 e. The fourth-order valence-electron chi connectivity index (χ4n) is 6.14. The van der Waals surface area contributed by atoms with E-state index in [2.05, 4.69) is 0 Å². The Morgan fingerprint density at radius 1 is 0.215 bits per heavy atom. The number of Topliss-reactive ketones (excluding diaryl/α,β-unsaturated/α-hetero) is 14. The minimum absolute atomic E-state index is 0. The van der Waals surface area contributed by atoms with E-state index in [1.807, 2.05) is 48.5 Å². The Bertz CT molecular complexity index is 2310. The van der Waals surface area contributed by atoms with Gasteiger partial charge in [-0.2, -0.15) is 82.3 Å². The molecule has 0 unspecified atom stereocenters. The minimum atomic E-state index is -1.83. The maximum absolute atomic E-state index is 11.2. The Morgan fingerprint density at radius 3 is 0.364 bits per heavy atom. The molecule has 0 aliphatic heterocycles. The van der Waals surface area contributed by atoms with Gasteiger partial charge in [-0.3, -0.25) is 67.1 Å². The van der Waals surface area contributed by atoms with Crippen LogP contribution in [0.3, 0.4) is 0 Å². The zero-order valence-electron chi connectivity index (χ0n) is 60.7. The van der Waals surface area contributed by atoms with Gasteiger partial charge in [-0.25, -0.2) is 0 Å². The first-order valence-corrected chi connectivity index (χ1v) is 40.2. The molecule has 0 aromatic heterocycles. The third-order valence-corrected chi connectivity index (χ3v) is 18.8. The minimum Gasteiger partial charge on any atom is -0.542 e. The molecule has 602 valence electrons. The van der Waals surface area contributed by atoms with Crippen molar-refractivity contribution in [3.05, 3.63) is 0 Å². The number of carboxylic acids is 7. The average Bonchev–Trinajstić information content (AvgIpc) is 0.992. The number of nitrogens with two attached hydrogens (primary N) is 7. The van der Waals surface area contributed by atoms with Gasteiger partial charge in [0.25, 0.3) is 0 Å². The van der Waals surface area contributed by atoms with Gasteiger partial charge in [0.05, 0.1) is 87.2 Å². The van der Waals surface area contributed by atoms with E-state index in [-0.39, 0.29) is 57.3 Å². The van der Waals surface area contributed by atoms with Crippen molar-refractivity contribution in [2.24, 2.45) is 40.1 Å². The number of ketones is 14. The van der Waals surface area contributed by atoms with Crippen LogP contribution in [-0.2, 0) is 122 Å². The van der Waals surface area contributed by atoms with Crippen LogP contribution in [0.4, 0.5) is 0 Å². The summed E-state index contributed by atoms with van der Waals surface area (Å²) in [5, 5.41) is 70.4. The summed E-state index contributed by atoms with van der Waals surface area (Å²) in [5.74, 6) is -13.5. The number of rotatable bonds is 56. The van der Waals surface area contributed by atoms with Gasteiger partial charge in [-0.1, -0.05) is 48.5 Å². The van der Waals surface area contributed by atoms with Crippen molar-refractivity contribution in [3.8, 4) is 0 Å². The molecule has 0 aromatic carbocycles. The molecule has 0 spiro atoms. The molecule has 35 nitrogen and oxygen atoms in total. The van der Waals surface area contributed by atoms with E-state index < -0.39 is 210 Å². The molecule has 0 amide bonds. The van der Waals surface area contributed by atoms with Crippen molar-refractivity contribution in [1.29, 1.82) is 0 Å². The second-order valence-corrected chi connectivity index (χ2v) is 30.4. The van der Waals surface area contributed by atoms with Crippen molar-refractivity contribution in [2.45, 2.75) is 181 Å². The molecule has 0 rings (SSSR count). The predicted molar refractivity (Wildman–Crippen MR) is 387 cm³/mol. The van der Waals surface area contributed by atoms with E-state index in [1.165, 1.54) is 0 Å². The van der Waals surface area contributed by atoms with Gasteiger partial charge in [0, 0.05) is 0 Å². The molecule has 107 heavy (non-hydrogen) atoms. The summed E-state index contributed by atoms with van der Waals surface area (Å²) in [6.07, 6.45) is -1.47. The van der Waals surface area contributed by atoms with Gasteiger partial charge in [0.15, 0.2) is 81.0 Å². The van der Waals surface area contributed by atoms with Crippen molar-refractivity contribution in [1.82, 2.24) is 0 Å². The summed E-state index contributed by atoms with van der Waals surface area (Å²) >= 11 is 11.4. The number of aliphatic carboxylic acids is 7. The molecular weight excluding hydrogens is 1710 g/mol. The van der Waals surface area contributed by atoms with Crippen LogP contribution in [0.5, 0.6) is 0 Å². The van der Waals surface area contributed by atoms with Gasteiger partial charge >= 0.3 is 57.3 Å². The standard InChI is InChI=1S/7C9H15NO4S.La.Ti/c7*1-2-15-4-3-6(10)7(11)5-8(12)9(13)14;;/h7*6H,2-5,10H2,1H3,(H,13,14);;/q;;;;;;;+3;+4/p-7/t7*6-;;/m0000000../s1. The Hall–Kier alpha value is -4.25. The summed E-state index contributed by atoms with van der Waals surface area (Å²) in [4.78, 5) is 223. The van der Waals surface area contributed by atoms with Crippen LogP contribution < -0.4 is 75.9 Å². The Labute approximate surface area is 694 Å². The van der Waals surface area contributed by atoms with Crippen LogP contribution in [-0.4, -0.2) is 246 Å². The quantitative estimate of drug-likeness (QED) is 0.0129. The predicted octanol–water partition coefficient (Wildman–Crippen LogP) is -8.86. The SMILES string of the molecule is CCSCC[C@H](N)C(=O)CC(=O)C(=O)[O-].CCSCC[C@H](N)C(=O)CC(=O)C(=O)[O-].CCSCC[C@H](N)C(=O)CC(=O)C(=O)[O-].CCSCC[C@H](N)C(=O)CC(=O)C(=O)[O-].CCSCC[C@H](N)C(=O)CC(=O)C(=O)[O-].CCSCC[C@H](N)C(=O)CC(=O)C(=O)[O-].CCSCC[C@H](N)C(=O)CC(=O)C(=O)[O-].[La+3].[Ti+4]. The molecule has 44 heteroatoms. The molecule has 0 saturated carbocycles. The number of hydrogen-bond donors (Lipinski definition) is 7. The van der Waals surface area contributed by atoms with Crippen LogP contribution in [0.1, 0.15) is 138 Å². The van der Waals surface area contributed by atoms with Gasteiger partial charge < -0.3 is 109 Å². The molecule has 0 aromatic rings. The number of thioether (sulfide) groups is 7. The molecular formula is C63H98LaN7O28S7Ti. The molecule has 0 aliphatic carbocycles. The van der Waals surface area contributed by atoms with E-state index in [0.29, 0.717) is 44.9 Å². The van der Waals surface area contributed by atoms with Crippen LogP contribution in [0.25, 0.3) is 0 Å². The van der Waals surface area contributed by atoms with Gasteiger partial charge in [0.1, 0.15) is 41.8 Å². The molecule has 0 heterocycles. The first kappa shape index (κ1) is 121. The van der Waals surface area contributed by atoms with E-state index in [9.17, 15) is 136 Å². The molecule has 7 atom stereocenters. The van der Waals surface area contributed by atoms with E-state index >= 15 is 0 Å². The number of hydrogen-bond acceptors (Lipinski definition) is 42. The summed E-state index contributed by atoms with van der Waals surface area (Å²) in [6.45, 7) is 13.9. The molecule has 0 fully saturated rings. The zero-order chi connectivity index (χ0) is 82.9. The maximum Gasteiger partial charge on any atom is 4.00 e. The Kier molecular flexibility index (Phi) is 88.7. The normalized spacial score (nSPS) is 11.9. The van der Waals surface area contributed by atoms with E-state index in [4.69, 9.17) is 40.1 Å². The van der Waals surface area contributed by atoms with Crippen molar-refractivity contribution < 1.29 is 194 Å². The first-order chi connectivity index (χ1) is 48.9. The number of carbonyl (C=O) groups excluding carboxylic acids is 21. The molecule has 0 bridgehead atoms. The number of carboxylic acid groups (broad SMARTS) is 7. The third-order valence-electron chi connectivity index (χ3n) is 12.3. The topological polar surface area (TPSA) is 702 Å². The molecule has 14 N–H and O–H groups in total. The molecule has 0 aliphatic rings. The van der Waals surface area contributed by atoms with Gasteiger partial charge in [-0.05, 0) is 125 Å². The van der Waals surface area contributed by atoms with Crippen LogP contribution >= 0.6 is 82.3 Å². The van der Waals surface area contributed by atoms with Crippen molar-refractivity contribution >= 4 is 205 Å². The van der Waals surface area contributed by atoms with Crippen LogP contribution in [0.2, 0.25) is 0 Å². The largest absolute Gasteiger partial charge is 4.00 e. The first-order valence-electron chi connectivity index (χ1n) is 32.1. The molecule has 0 radical (unpaired) electrons. The average molecular weight is 1810 g/mol. The summed E-state index contributed by atoms with van der Waals surface area (Å²) in [7, 11) is 0. The Balaban J connectivity index is -0.000000149. The van der Waals surface area contributed by atoms with Gasteiger partial charge in [0.2, 0.25) is 0 Å². The zero-order valence-corrected chi connectivity index (χ0v) is 71.7. The summed E-state index contributed by atoms with van der Waals surface area (Å²) in [6, 6.07) is -5.30. The molecule has 0 saturated heterocycles. The summed E-state index contributed by atoms with van der Waals surface area (Å²) in [5.41, 5.74) is 38.3. The number of carbonyl (C=O) groups is 21. The third kappa shape index (κ3) is 76.9. The second-order valence-electron chi connectivity index (χ2n) is 20.6. The van der Waals surface area contributed by atoms with Crippen molar-refractivity contribution in [3.63, 3.8) is 0 Å². The van der Waals surface area contributed by atoms with Crippen molar-refractivity contribution in [2.75, 3.05) is 80.5 Å². The monoisotopic (exact) mass is 1810 g/mol. The summed E-state index contributed by atoms with van der Waals surface area (Å²) < 4.78 is 0. The Morgan fingerprint density at radius 2 is 0.299 bits per heavy atom. The van der Waals surface area contributed by atoms with E-state index in [1.54, 1.807) is 82.3 Å². The van der Waals surface area contributed by atoms with E-state index in [0.717, 1.165) is 80.5 Å². The van der Waals surface area contributed by atoms with Crippen LogP contribution in [0, 0.1) is 35.6 Å². The van der Waals surface area contributed by atoms with Crippen LogP contribution in [0.15, 0.2) is 0 Å². The maximum atomic E-state index is 11.2. The second kappa shape index (κ2) is 78.4.